The van der Waals surface area contributed by atoms with Crippen LogP contribution in [0.2, 0.25) is 0 Å². The van der Waals surface area contributed by atoms with E-state index in [2.05, 4.69) is 22.8 Å². The minimum atomic E-state index is -0.0357. The van der Waals surface area contributed by atoms with Crippen LogP contribution in [0.4, 0.5) is 0 Å². The SMILES string of the molecule is O=C(NCCc1csc(-c2ccccc2)n1)C12CC3CC(CC(C3)C1)C2. The number of carbonyl (C=O) groups is 1. The van der Waals surface area contributed by atoms with E-state index in [1.807, 2.05) is 18.2 Å². The molecule has 1 N–H and O–H groups in total. The van der Waals surface area contributed by atoms with Crippen LogP contribution in [0, 0.1) is 23.2 Å². The van der Waals surface area contributed by atoms with Gasteiger partial charge in [0, 0.05) is 29.3 Å². The van der Waals surface area contributed by atoms with Crippen LogP contribution in [0.5, 0.6) is 0 Å². The summed E-state index contributed by atoms with van der Waals surface area (Å²) in [5, 5.41) is 6.45. The van der Waals surface area contributed by atoms with Crippen LogP contribution < -0.4 is 5.32 Å². The average molecular weight is 367 g/mol. The fourth-order valence-corrected chi connectivity index (χ4v) is 6.88. The van der Waals surface area contributed by atoms with E-state index < -0.39 is 0 Å². The highest BCUT2D eigenvalue weighted by Gasteiger charge is 2.54. The normalized spacial score (nSPS) is 31.9. The quantitative estimate of drug-likeness (QED) is 0.834. The van der Waals surface area contributed by atoms with Crippen LogP contribution in [-0.4, -0.2) is 17.4 Å². The van der Waals surface area contributed by atoms with Crippen molar-refractivity contribution < 1.29 is 4.79 Å². The molecule has 26 heavy (non-hydrogen) atoms. The first-order valence-corrected chi connectivity index (χ1v) is 10.9. The molecule has 0 radical (unpaired) electrons. The van der Waals surface area contributed by atoms with Crippen molar-refractivity contribution in [3.8, 4) is 10.6 Å². The Morgan fingerprint density at radius 1 is 1.08 bits per heavy atom. The molecule has 4 aliphatic carbocycles. The standard InChI is InChI=1S/C22H26N2OS/c25-21(22-11-15-8-16(12-22)10-17(9-15)13-22)23-7-6-19-14-26-20(24-19)18-4-2-1-3-5-18/h1-5,14-17H,6-13H2,(H,23,25). The predicted octanol–water partition coefficient (Wildman–Crippen LogP) is 4.69. The Balaban J connectivity index is 1.19. The van der Waals surface area contributed by atoms with Crippen molar-refractivity contribution in [2.45, 2.75) is 44.9 Å². The summed E-state index contributed by atoms with van der Waals surface area (Å²) in [5.41, 5.74) is 2.22. The summed E-state index contributed by atoms with van der Waals surface area (Å²) in [6.45, 7) is 0.707. The molecule has 1 aromatic heterocycles. The number of nitrogens with one attached hydrogen (secondary N) is 1. The number of nitrogens with zero attached hydrogens (tertiary/aromatic N) is 1. The molecule has 3 nitrogen and oxygen atoms in total. The van der Waals surface area contributed by atoms with Crippen LogP contribution in [0.1, 0.15) is 44.2 Å². The van der Waals surface area contributed by atoms with Gasteiger partial charge in [-0.1, -0.05) is 30.3 Å². The minimum Gasteiger partial charge on any atom is -0.355 e. The topological polar surface area (TPSA) is 42.0 Å². The Morgan fingerprint density at radius 3 is 2.38 bits per heavy atom. The van der Waals surface area contributed by atoms with Gasteiger partial charge in [-0.15, -0.1) is 11.3 Å². The summed E-state index contributed by atoms with van der Waals surface area (Å²) < 4.78 is 0. The van der Waals surface area contributed by atoms with Crippen molar-refractivity contribution in [1.29, 1.82) is 0 Å². The summed E-state index contributed by atoms with van der Waals surface area (Å²) >= 11 is 1.68. The maximum Gasteiger partial charge on any atom is 0.226 e. The summed E-state index contributed by atoms with van der Waals surface area (Å²) in [5.74, 6) is 2.78. The molecule has 1 aromatic carbocycles. The number of aromatic nitrogens is 1. The Labute approximate surface area is 159 Å². The van der Waals surface area contributed by atoms with Gasteiger partial charge in [-0.25, -0.2) is 4.98 Å². The first kappa shape index (κ1) is 16.5. The van der Waals surface area contributed by atoms with E-state index in [1.54, 1.807) is 11.3 Å². The molecular formula is C22H26N2OS. The lowest BCUT2D eigenvalue weighted by molar-refractivity contribution is -0.146. The van der Waals surface area contributed by atoms with Gasteiger partial charge in [0.25, 0.3) is 0 Å². The molecule has 1 amide bonds. The minimum absolute atomic E-state index is 0.0357. The maximum absolute atomic E-state index is 13.0. The van der Waals surface area contributed by atoms with Crippen molar-refractivity contribution in [3.05, 3.63) is 41.4 Å². The Morgan fingerprint density at radius 2 is 1.73 bits per heavy atom. The van der Waals surface area contributed by atoms with Gasteiger partial charge >= 0.3 is 0 Å². The van der Waals surface area contributed by atoms with E-state index in [0.29, 0.717) is 12.5 Å². The fourth-order valence-electron chi connectivity index (χ4n) is 6.02. The Bertz CT molecular complexity index is 762. The highest BCUT2D eigenvalue weighted by Crippen LogP contribution is 2.60. The molecule has 136 valence electrons. The maximum atomic E-state index is 13.0. The molecule has 0 unspecified atom stereocenters. The van der Waals surface area contributed by atoms with Crippen LogP contribution in [0.3, 0.4) is 0 Å². The van der Waals surface area contributed by atoms with Crippen molar-refractivity contribution in [3.63, 3.8) is 0 Å². The van der Waals surface area contributed by atoms with Crippen molar-refractivity contribution in [2.75, 3.05) is 6.54 Å². The highest BCUT2D eigenvalue weighted by atomic mass is 32.1. The van der Waals surface area contributed by atoms with Crippen molar-refractivity contribution in [1.82, 2.24) is 10.3 Å². The second kappa shape index (κ2) is 6.49. The molecule has 4 aliphatic rings. The third kappa shape index (κ3) is 2.98. The van der Waals surface area contributed by atoms with Gasteiger partial charge in [-0.3, -0.25) is 4.79 Å². The molecule has 4 bridgehead atoms. The van der Waals surface area contributed by atoms with E-state index in [-0.39, 0.29) is 5.41 Å². The predicted molar refractivity (Wildman–Crippen MR) is 105 cm³/mol. The van der Waals surface area contributed by atoms with Crippen LogP contribution in [0.25, 0.3) is 10.6 Å². The molecule has 4 fully saturated rings. The van der Waals surface area contributed by atoms with Gasteiger partial charge in [0.2, 0.25) is 5.91 Å². The first-order valence-electron chi connectivity index (χ1n) is 9.98. The summed E-state index contributed by atoms with van der Waals surface area (Å²) in [6.07, 6.45) is 8.38. The van der Waals surface area contributed by atoms with Crippen molar-refractivity contribution in [2.24, 2.45) is 23.2 Å². The molecule has 1 heterocycles. The van der Waals surface area contributed by atoms with E-state index in [9.17, 15) is 4.79 Å². The molecule has 6 rings (SSSR count). The first-order chi connectivity index (χ1) is 12.7. The number of benzene rings is 1. The van der Waals surface area contributed by atoms with E-state index in [4.69, 9.17) is 4.98 Å². The van der Waals surface area contributed by atoms with Gasteiger partial charge in [0.05, 0.1) is 5.69 Å². The monoisotopic (exact) mass is 366 g/mol. The van der Waals surface area contributed by atoms with E-state index in [1.165, 1.54) is 24.8 Å². The molecule has 0 spiro atoms. The van der Waals surface area contributed by atoms with Gasteiger partial charge in [-0.2, -0.15) is 0 Å². The second-order valence-electron chi connectivity index (χ2n) is 8.71. The van der Waals surface area contributed by atoms with Gasteiger partial charge < -0.3 is 5.32 Å². The lowest BCUT2D eigenvalue weighted by atomic mass is 9.49. The highest BCUT2D eigenvalue weighted by molar-refractivity contribution is 7.13. The van der Waals surface area contributed by atoms with Gasteiger partial charge in [0.1, 0.15) is 5.01 Å². The lowest BCUT2D eigenvalue weighted by Gasteiger charge is -2.55. The Kier molecular flexibility index (Phi) is 4.11. The Hall–Kier alpha value is -1.68. The number of rotatable bonds is 5. The molecule has 0 saturated heterocycles. The third-order valence-electron chi connectivity index (χ3n) is 6.76. The zero-order valence-electron chi connectivity index (χ0n) is 15.1. The number of carbonyl (C=O) groups excluding carboxylic acids is 1. The summed E-state index contributed by atoms with van der Waals surface area (Å²) in [6, 6.07) is 10.3. The zero-order valence-corrected chi connectivity index (χ0v) is 15.9. The number of hydrogen-bond donors (Lipinski definition) is 1. The molecule has 0 atom stereocenters. The largest absolute Gasteiger partial charge is 0.355 e. The fraction of sp³-hybridized carbons (Fsp3) is 0.545. The molecule has 2 aromatic rings. The van der Waals surface area contributed by atoms with Crippen molar-refractivity contribution >= 4 is 17.2 Å². The molecular weight excluding hydrogens is 340 g/mol. The molecule has 4 heteroatoms. The second-order valence-corrected chi connectivity index (χ2v) is 9.57. The van der Waals surface area contributed by atoms with Gasteiger partial charge in [0.15, 0.2) is 0 Å². The van der Waals surface area contributed by atoms with Gasteiger partial charge in [-0.05, 0) is 56.3 Å². The summed E-state index contributed by atoms with van der Waals surface area (Å²) in [4.78, 5) is 17.7. The van der Waals surface area contributed by atoms with Crippen LogP contribution in [0.15, 0.2) is 35.7 Å². The van der Waals surface area contributed by atoms with E-state index in [0.717, 1.165) is 54.1 Å². The molecule has 4 saturated carbocycles. The third-order valence-corrected chi connectivity index (χ3v) is 7.70. The number of thiazole rings is 1. The van der Waals surface area contributed by atoms with E-state index >= 15 is 0 Å². The average Bonchev–Trinajstić information content (AvgIpc) is 3.10. The number of amides is 1. The molecule has 0 aliphatic heterocycles. The zero-order chi connectivity index (χ0) is 17.6. The van der Waals surface area contributed by atoms with Crippen LogP contribution >= 0.6 is 11.3 Å². The smallest absolute Gasteiger partial charge is 0.226 e. The number of hydrogen-bond acceptors (Lipinski definition) is 3. The van der Waals surface area contributed by atoms with Crippen LogP contribution in [-0.2, 0) is 11.2 Å². The summed E-state index contributed by atoms with van der Waals surface area (Å²) in [7, 11) is 0. The lowest BCUT2D eigenvalue weighted by Crippen LogP contribution is -2.53.